The molecule has 0 N–H and O–H groups in total. The maximum Gasteiger partial charge on any atom is 0 e. The van der Waals surface area contributed by atoms with Gasteiger partial charge in [-0.25, -0.2) is 0 Å². The normalized spacial score (nSPS) is 7.00. The molecule has 0 saturated carbocycles. The SMILES string of the molecule is Br.CC[N-]CC.CC[N-]CC.[Nd]. The molecule has 2 nitrogen and oxygen atoms in total. The maximum atomic E-state index is 3.97. The third kappa shape index (κ3) is 41.1. The maximum absolute atomic E-state index is 3.97. The van der Waals surface area contributed by atoms with E-state index in [-0.39, 0.29) is 57.8 Å². The molecule has 12 heavy (non-hydrogen) atoms. The molecule has 0 bridgehead atoms. The number of nitrogens with zero attached hydrogens (tertiary/aromatic N) is 2. The van der Waals surface area contributed by atoms with Gasteiger partial charge in [0.1, 0.15) is 0 Å². The zero-order valence-corrected chi connectivity index (χ0v) is 13.6. The Morgan fingerprint density at radius 3 is 0.833 bits per heavy atom. The van der Waals surface area contributed by atoms with E-state index in [1.165, 1.54) is 0 Å². The Morgan fingerprint density at radius 1 is 0.667 bits per heavy atom. The van der Waals surface area contributed by atoms with Gasteiger partial charge in [-0.15, -0.1) is 17.0 Å². The second-order valence-electron chi connectivity index (χ2n) is 1.71. The summed E-state index contributed by atoms with van der Waals surface area (Å²) in [6.45, 7) is 12.1. The van der Waals surface area contributed by atoms with Crippen LogP contribution in [0.15, 0.2) is 0 Å². The predicted molar refractivity (Wildman–Crippen MR) is 59.2 cm³/mol. The number of hydrogen-bond donors (Lipinski definition) is 0. The van der Waals surface area contributed by atoms with Crippen molar-refractivity contribution in [1.29, 1.82) is 0 Å². The van der Waals surface area contributed by atoms with E-state index in [1.807, 2.05) is 27.7 Å². The van der Waals surface area contributed by atoms with Crippen molar-refractivity contribution < 1.29 is 40.8 Å². The molecule has 0 aromatic heterocycles. The minimum atomic E-state index is 0. The van der Waals surface area contributed by atoms with Gasteiger partial charge in [-0.1, -0.05) is 27.7 Å². The van der Waals surface area contributed by atoms with E-state index in [0.29, 0.717) is 0 Å². The molecule has 0 spiro atoms. The molecule has 0 saturated heterocycles. The molecule has 0 heterocycles. The minimum Gasteiger partial charge on any atom is -0.663 e. The van der Waals surface area contributed by atoms with Gasteiger partial charge in [-0.3, -0.25) is 0 Å². The van der Waals surface area contributed by atoms with E-state index in [4.69, 9.17) is 0 Å². The predicted octanol–water partition coefficient (Wildman–Crippen LogP) is 3.38. The van der Waals surface area contributed by atoms with Crippen LogP contribution in [0, 0.1) is 40.8 Å². The molecule has 0 aromatic rings. The van der Waals surface area contributed by atoms with Crippen molar-refractivity contribution in [2.45, 2.75) is 27.7 Å². The Hall–Kier alpha value is 1.75. The van der Waals surface area contributed by atoms with E-state index in [0.717, 1.165) is 26.2 Å². The molecule has 0 atom stereocenters. The summed E-state index contributed by atoms with van der Waals surface area (Å²) >= 11 is 0. The fourth-order valence-electron chi connectivity index (χ4n) is 0.447. The zero-order valence-electron chi connectivity index (χ0n) is 8.63. The van der Waals surface area contributed by atoms with Crippen molar-refractivity contribution in [3.8, 4) is 0 Å². The largest absolute Gasteiger partial charge is 0.663 e. The van der Waals surface area contributed by atoms with E-state index >= 15 is 0 Å². The first-order valence-electron chi connectivity index (χ1n) is 4.09. The van der Waals surface area contributed by atoms with Crippen LogP contribution >= 0.6 is 17.0 Å². The van der Waals surface area contributed by atoms with Gasteiger partial charge in [0.25, 0.3) is 0 Å². The van der Waals surface area contributed by atoms with Crippen molar-refractivity contribution in [1.82, 2.24) is 0 Å². The fourth-order valence-corrected chi connectivity index (χ4v) is 0.447. The third-order valence-corrected chi connectivity index (χ3v) is 0.894. The second kappa shape index (κ2) is 29.3. The Balaban J connectivity index is -0.0000000457. The van der Waals surface area contributed by atoms with Gasteiger partial charge < -0.3 is 10.6 Å². The van der Waals surface area contributed by atoms with Gasteiger partial charge in [0, 0.05) is 40.8 Å². The topological polar surface area (TPSA) is 28.2 Å². The summed E-state index contributed by atoms with van der Waals surface area (Å²) < 4.78 is 0. The summed E-state index contributed by atoms with van der Waals surface area (Å²) in [6, 6.07) is 0. The number of halogens is 1. The monoisotopic (exact) mass is 366 g/mol. The first kappa shape index (κ1) is 23.5. The smallest absolute Gasteiger partial charge is 0 e. The number of rotatable bonds is 4. The molecule has 0 amide bonds. The molecule has 0 aliphatic rings. The van der Waals surface area contributed by atoms with Crippen molar-refractivity contribution >= 4 is 17.0 Å². The Bertz CT molecular complexity index is 38.0. The fraction of sp³-hybridized carbons (Fsp3) is 1.00. The molecule has 0 unspecified atom stereocenters. The molecule has 0 rings (SSSR count). The van der Waals surface area contributed by atoms with Crippen molar-refractivity contribution in [3.05, 3.63) is 10.6 Å². The Kier molecular flexibility index (Phi) is 57.4. The molecule has 4 heteroatoms. The van der Waals surface area contributed by atoms with E-state index < -0.39 is 0 Å². The third-order valence-electron chi connectivity index (χ3n) is 0.894. The molecule has 0 radical (unpaired) electrons. The Morgan fingerprint density at radius 2 is 0.833 bits per heavy atom. The van der Waals surface area contributed by atoms with Crippen molar-refractivity contribution in [2.75, 3.05) is 26.2 Å². The van der Waals surface area contributed by atoms with Gasteiger partial charge in [0.2, 0.25) is 0 Å². The molecule has 0 aliphatic heterocycles. The second-order valence-corrected chi connectivity index (χ2v) is 1.71. The van der Waals surface area contributed by atoms with E-state index in [2.05, 4.69) is 10.6 Å². The number of hydrogen-bond acceptors (Lipinski definition) is 0. The minimum absolute atomic E-state index is 0. The quantitative estimate of drug-likeness (QED) is 0.727. The van der Waals surface area contributed by atoms with Crippen LogP contribution in [0.1, 0.15) is 27.7 Å². The van der Waals surface area contributed by atoms with Gasteiger partial charge in [-0.2, -0.15) is 26.2 Å². The molecule has 0 fully saturated rings. The van der Waals surface area contributed by atoms with Gasteiger partial charge in [0.05, 0.1) is 0 Å². The Labute approximate surface area is 121 Å². The molecule has 76 valence electrons. The molecule has 0 aliphatic carbocycles. The van der Waals surface area contributed by atoms with Crippen LogP contribution in [0.2, 0.25) is 0 Å². The van der Waals surface area contributed by atoms with Crippen LogP contribution in [0.3, 0.4) is 0 Å². The van der Waals surface area contributed by atoms with Crippen LogP contribution < -0.4 is 0 Å². The summed E-state index contributed by atoms with van der Waals surface area (Å²) in [4.78, 5) is 0. The van der Waals surface area contributed by atoms with Gasteiger partial charge in [0.15, 0.2) is 0 Å². The van der Waals surface area contributed by atoms with Gasteiger partial charge in [-0.05, 0) is 0 Å². The molecular formula is C8H21BrN2Nd-2. The first-order chi connectivity index (χ1) is 4.83. The van der Waals surface area contributed by atoms with Gasteiger partial charge >= 0.3 is 0 Å². The van der Waals surface area contributed by atoms with E-state index in [1.54, 1.807) is 0 Å². The summed E-state index contributed by atoms with van der Waals surface area (Å²) in [7, 11) is 0. The standard InChI is InChI=1S/2C4H10N.BrH.Nd/c2*1-3-5-4-2;;/h2*3-4H2,1-2H3;1H;/q2*-1;;. The average Bonchev–Trinajstić information content (AvgIpc) is 1.93. The summed E-state index contributed by atoms with van der Waals surface area (Å²) in [6.07, 6.45) is 0. The van der Waals surface area contributed by atoms with Crippen LogP contribution in [-0.4, -0.2) is 26.2 Å². The molecule has 0 aromatic carbocycles. The van der Waals surface area contributed by atoms with Crippen molar-refractivity contribution in [3.63, 3.8) is 0 Å². The zero-order chi connectivity index (χ0) is 8.24. The van der Waals surface area contributed by atoms with Crippen molar-refractivity contribution in [2.24, 2.45) is 0 Å². The van der Waals surface area contributed by atoms with Crippen LogP contribution in [0.5, 0.6) is 0 Å². The van der Waals surface area contributed by atoms with Crippen LogP contribution in [-0.2, 0) is 0 Å². The summed E-state index contributed by atoms with van der Waals surface area (Å²) in [5.74, 6) is 0. The summed E-state index contributed by atoms with van der Waals surface area (Å²) in [5, 5.41) is 7.94. The summed E-state index contributed by atoms with van der Waals surface area (Å²) in [5.41, 5.74) is 0. The average molecular weight is 369 g/mol. The van der Waals surface area contributed by atoms with E-state index in [9.17, 15) is 0 Å². The van der Waals surface area contributed by atoms with Crippen LogP contribution in [0.25, 0.3) is 10.6 Å². The molecular weight excluding hydrogens is 348 g/mol. The first-order valence-corrected chi connectivity index (χ1v) is 4.09. The van der Waals surface area contributed by atoms with Crippen LogP contribution in [0.4, 0.5) is 0 Å².